The van der Waals surface area contributed by atoms with Gasteiger partial charge in [0.15, 0.2) is 11.7 Å². The summed E-state index contributed by atoms with van der Waals surface area (Å²) in [7, 11) is 0. The number of aliphatic imine (C=N–C) groups is 1. The summed E-state index contributed by atoms with van der Waals surface area (Å²) in [5.41, 5.74) is -0.657. The van der Waals surface area contributed by atoms with Gasteiger partial charge in [-0.2, -0.15) is 0 Å². The van der Waals surface area contributed by atoms with Crippen molar-refractivity contribution in [1.29, 1.82) is 0 Å². The molecule has 2 N–H and O–H groups in total. The third kappa shape index (κ3) is 5.84. The van der Waals surface area contributed by atoms with E-state index in [4.69, 9.17) is 9.41 Å². The Labute approximate surface area is 178 Å². The molecule has 0 atom stereocenters. The van der Waals surface area contributed by atoms with Crippen LogP contribution in [0.3, 0.4) is 0 Å². The number of amides is 1. The summed E-state index contributed by atoms with van der Waals surface area (Å²) in [6.45, 7) is 5.97. The lowest BCUT2D eigenvalue weighted by atomic mass is 9.85. The Morgan fingerprint density at radius 3 is 2.48 bits per heavy atom. The molecule has 2 fully saturated rings. The fourth-order valence-electron chi connectivity index (χ4n) is 3.69. The first-order chi connectivity index (χ1) is 12.6. The zero-order valence-corrected chi connectivity index (χ0v) is 18.4. The van der Waals surface area contributed by atoms with E-state index < -0.39 is 5.60 Å². The molecule has 1 saturated carbocycles. The van der Waals surface area contributed by atoms with Crippen LogP contribution < -0.4 is 5.32 Å². The van der Waals surface area contributed by atoms with Crippen molar-refractivity contribution < 1.29 is 14.3 Å². The maximum atomic E-state index is 12.4. The average molecular weight is 490 g/mol. The van der Waals surface area contributed by atoms with Gasteiger partial charge in [0.1, 0.15) is 0 Å². The molecule has 1 amide bonds. The van der Waals surface area contributed by atoms with Crippen LogP contribution in [0.5, 0.6) is 0 Å². The minimum atomic E-state index is -0.657. The van der Waals surface area contributed by atoms with Gasteiger partial charge in [-0.05, 0) is 31.9 Å². The quantitative estimate of drug-likeness (QED) is 0.385. The monoisotopic (exact) mass is 490 g/mol. The average Bonchev–Trinajstić information content (AvgIpc) is 3.20. The molecule has 0 unspecified atom stereocenters. The van der Waals surface area contributed by atoms with Gasteiger partial charge in [0.25, 0.3) is 5.91 Å². The van der Waals surface area contributed by atoms with E-state index in [1.54, 1.807) is 12.1 Å². The maximum Gasteiger partial charge on any atom is 0.289 e. The first-order valence-corrected chi connectivity index (χ1v) is 9.70. The number of carbonyl (C=O) groups excluding carboxylic acids is 1. The van der Waals surface area contributed by atoms with Crippen LogP contribution in [0.25, 0.3) is 0 Å². The Morgan fingerprint density at radius 2 is 1.89 bits per heavy atom. The highest BCUT2D eigenvalue weighted by Crippen LogP contribution is 2.28. The summed E-state index contributed by atoms with van der Waals surface area (Å²) in [4.78, 5) is 21.1. The second kappa shape index (κ2) is 10.3. The number of hydrogen-bond acceptors (Lipinski definition) is 4. The summed E-state index contributed by atoms with van der Waals surface area (Å²) in [5.74, 6) is 1.16. The molecular formula is C19H31IN4O3. The van der Waals surface area contributed by atoms with Crippen LogP contribution in [-0.2, 0) is 0 Å². The minimum Gasteiger partial charge on any atom is -0.459 e. The van der Waals surface area contributed by atoms with Crippen LogP contribution in [0.15, 0.2) is 27.8 Å². The van der Waals surface area contributed by atoms with Gasteiger partial charge in [-0.3, -0.25) is 9.79 Å². The van der Waals surface area contributed by atoms with E-state index in [1.807, 2.05) is 11.8 Å². The minimum absolute atomic E-state index is 0. The summed E-state index contributed by atoms with van der Waals surface area (Å²) in [5, 5.41) is 14.0. The van der Waals surface area contributed by atoms with Gasteiger partial charge in [0, 0.05) is 32.7 Å². The number of hydrogen-bond donors (Lipinski definition) is 2. The van der Waals surface area contributed by atoms with E-state index >= 15 is 0 Å². The Morgan fingerprint density at radius 1 is 1.22 bits per heavy atom. The Bertz CT molecular complexity index is 606. The van der Waals surface area contributed by atoms with Crippen molar-refractivity contribution in [2.24, 2.45) is 4.99 Å². The van der Waals surface area contributed by atoms with Crippen LogP contribution in [-0.4, -0.2) is 71.6 Å². The molecule has 0 aromatic carbocycles. The molecule has 7 nitrogen and oxygen atoms in total. The van der Waals surface area contributed by atoms with Crippen LogP contribution >= 0.6 is 24.0 Å². The predicted molar refractivity (Wildman–Crippen MR) is 116 cm³/mol. The van der Waals surface area contributed by atoms with Gasteiger partial charge < -0.3 is 24.6 Å². The number of aliphatic hydroxyl groups is 1. The van der Waals surface area contributed by atoms with Crippen LogP contribution in [0.2, 0.25) is 0 Å². The lowest BCUT2D eigenvalue weighted by molar-refractivity contribution is 0.0129. The standard InChI is InChI=1S/C19H30N4O3.HI/c1-2-20-18(21-15-19(25)8-4-3-5-9-19)23-12-10-22(11-13-23)17(24)16-7-6-14-26-16;/h6-7,14,25H,2-5,8-13,15H2,1H3,(H,20,21);1H. The fraction of sp³-hybridized carbons (Fsp3) is 0.684. The van der Waals surface area contributed by atoms with Gasteiger partial charge in [0.05, 0.1) is 18.4 Å². The summed E-state index contributed by atoms with van der Waals surface area (Å²) in [6.07, 6.45) is 6.56. The smallest absolute Gasteiger partial charge is 0.289 e. The van der Waals surface area contributed by atoms with Gasteiger partial charge in [-0.25, -0.2) is 0 Å². The van der Waals surface area contributed by atoms with Gasteiger partial charge in [0.2, 0.25) is 0 Å². The lowest BCUT2D eigenvalue weighted by Gasteiger charge is -2.37. The molecule has 27 heavy (non-hydrogen) atoms. The molecule has 0 bridgehead atoms. The largest absolute Gasteiger partial charge is 0.459 e. The molecule has 152 valence electrons. The number of piperazine rings is 1. The second-order valence-corrected chi connectivity index (χ2v) is 7.21. The summed E-state index contributed by atoms with van der Waals surface area (Å²) < 4.78 is 5.21. The molecular weight excluding hydrogens is 459 g/mol. The fourth-order valence-corrected chi connectivity index (χ4v) is 3.69. The van der Waals surface area contributed by atoms with Crippen LogP contribution in [0, 0.1) is 0 Å². The van der Waals surface area contributed by atoms with Gasteiger partial charge in [-0.1, -0.05) is 19.3 Å². The van der Waals surface area contributed by atoms with E-state index in [2.05, 4.69) is 10.2 Å². The molecule has 1 aliphatic heterocycles. The number of carbonyl (C=O) groups is 1. The summed E-state index contributed by atoms with van der Waals surface area (Å²) >= 11 is 0. The zero-order chi connectivity index (χ0) is 18.4. The van der Waals surface area contributed by atoms with E-state index in [9.17, 15) is 9.90 Å². The number of halogens is 1. The Balaban J connectivity index is 0.00000261. The van der Waals surface area contributed by atoms with E-state index in [1.165, 1.54) is 12.7 Å². The number of nitrogens with zero attached hydrogens (tertiary/aromatic N) is 3. The molecule has 1 aromatic rings. The van der Waals surface area contributed by atoms with Crippen LogP contribution in [0.4, 0.5) is 0 Å². The van der Waals surface area contributed by atoms with Crippen molar-refractivity contribution in [1.82, 2.24) is 15.1 Å². The molecule has 2 aliphatic rings. The lowest BCUT2D eigenvalue weighted by Crippen LogP contribution is -2.54. The molecule has 1 aromatic heterocycles. The normalized spacial score (nSPS) is 20.1. The van der Waals surface area contributed by atoms with Crippen molar-refractivity contribution in [3.8, 4) is 0 Å². The van der Waals surface area contributed by atoms with Crippen LogP contribution in [0.1, 0.15) is 49.6 Å². The molecule has 1 saturated heterocycles. The van der Waals surface area contributed by atoms with Crippen molar-refractivity contribution in [3.05, 3.63) is 24.2 Å². The zero-order valence-electron chi connectivity index (χ0n) is 16.0. The Hall–Kier alpha value is -1.29. The van der Waals surface area contributed by atoms with Crippen molar-refractivity contribution >= 4 is 35.8 Å². The highest BCUT2D eigenvalue weighted by atomic mass is 127. The van der Waals surface area contributed by atoms with E-state index in [-0.39, 0.29) is 29.9 Å². The highest BCUT2D eigenvalue weighted by Gasteiger charge is 2.30. The first-order valence-electron chi connectivity index (χ1n) is 9.70. The second-order valence-electron chi connectivity index (χ2n) is 7.21. The molecule has 0 spiro atoms. The molecule has 2 heterocycles. The molecule has 3 rings (SSSR count). The van der Waals surface area contributed by atoms with Crippen molar-refractivity contribution in [2.45, 2.75) is 44.6 Å². The van der Waals surface area contributed by atoms with Gasteiger partial charge in [-0.15, -0.1) is 24.0 Å². The summed E-state index contributed by atoms with van der Waals surface area (Å²) in [6, 6.07) is 3.43. The number of rotatable bonds is 4. The SMILES string of the molecule is CCNC(=NCC1(O)CCCCC1)N1CCN(C(=O)c2ccco2)CC1.I. The third-order valence-electron chi connectivity index (χ3n) is 5.24. The van der Waals surface area contributed by atoms with Crippen molar-refractivity contribution in [3.63, 3.8) is 0 Å². The van der Waals surface area contributed by atoms with Crippen molar-refractivity contribution in [2.75, 3.05) is 39.3 Å². The molecule has 0 radical (unpaired) electrons. The van der Waals surface area contributed by atoms with E-state index in [0.717, 1.165) is 51.3 Å². The highest BCUT2D eigenvalue weighted by molar-refractivity contribution is 14.0. The predicted octanol–water partition coefficient (Wildman–Crippen LogP) is 2.32. The Kier molecular flexibility index (Phi) is 8.40. The molecule has 8 heteroatoms. The van der Waals surface area contributed by atoms with Gasteiger partial charge >= 0.3 is 0 Å². The van der Waals surface area contributed by atoms with E-state index in [0.29, 0.717) is 25.4 Å². The molecule has 1 aliphatic carbocycles. The maximum absolute atomic E-state index is 12.4. The number of furan rings is 1. The number of guanidine groups is 1. The first kappa shape index (κ1) is 22.0. The number of nitrogens with one attached hydrogen (secondary N) is 1. The topological polar surface area (TPSA) is 81.3 Å². The third-order valence-corrected chi connectivity index (χ3v) is 5.24.